The second-order valence-electron chi connectivity index (χ2n) is 7.06. The lowest BCUT2D eigenvalue weighted by Crippen LogP contribution is -2.38. The molecule has 1 fully saturated rings. The van der Waals surface area contributed by atoms with E-state index in [1.807, 2.05) is 6.07 Å². The van der Waals surface area contributed by atoms with Gasteiger partial charge in [-0.25, -0.2) is 4.39 Å². The highest BCUT2D eigenvalue weighted by Gasteiger charge is 2.31. The van der Waals surface area contributed by atoms with Gasteiger partial charge in [0.2, 0.25) is 0 Å². The topological polar surface area (TPSA) is 12.0 Å². The molecule has 2 aliphatic rings. The van der Waals surface area contributed by atoms with Crippen molar-refractivity contribution in [1.29, 1.82) is 0 Å². The second kappa shape index (κ2) is 4.90. The normalized spacial score (nSPS) is 29.2. The molecule has 0 saturated heterocycles. The van der Waals surface area contributed by atoms with Crippen LogP contribution in [0.25, 0.3) is 0 Å². The van der Waals surface area contributed by atoms with Gasteiger partial charge in [-0.15, -0.1) is 0 Å². The smallest absolute Gasteiger partial charge is 0.123 e. The van der Waals surface area contributed by atoms with Gasteiger partial charge in [-0.05, 0) is 60.8 Å². The van der Waals surface area contributed by atoms with Gasteiger partial charge in [0.1, 0.15) is 5.82 Å². The number of benzene rings is 1. The molecule has 0 amide bonds. The van der Waals surface area contributed by atoms with E-state index in [0.717, 1.165) is 12.8 Å². The molecule has 1 aromatic carbocycles. The average molecular weight is 261 g/mol. The van der Waals surface area contributed by atoms with Crippen LogP contribution in [0.15, 0.2) is 18.2 Å². The van der Waals surface area contributed by atoms with E-state index >= 15 is 0 Å². The van der Waals surface area contributed by atoms with Gasteiger partial charge >= 0.3 is 0 Å². The fourth-order valence-electron chi connectivity index (χ4n) is 3.88. The maximum Gasteiger partial charge on any atom is 0.123 e. The van der Waals surface area contributed by atoms with Gasteiger partial charge in [0.25, 0.3) is 0 Å². The quantitative estimate of drug-likeness (QED) is 0.833. The maximum absolute atomic E-state index is 13.2. The van der Waals surface area contributed by atoms with Gasteiger partial charge in [0, 0.05) is 12.1 Å². The first kappa shape index (κ1) is 13.1. The molecule has 0 aliphatic heterocycles. The molecule has 104 valence electrons. The van der Waals surface area contributed by atoms with Gasteiger partial charge < -0.3 is 5.32 Å². The zero-order chi connectivity index (χ0) is 13.5. The Labute approximate surface area is 115 Å². The summed E-state index contributed by atoms with van der Waals surface area (Å²) in [5.41, 5.74) is 3.00. The Morgan fingerprint density at radius 2 is 2.11 bits per heavy atom. The summed E-state index contributed by atoms with van der Waals surface area (Å²) in [6.45, 7) is 4.75. The van der Waals surface area contributed by atoms with Crippen molar-refractivity contribution in [1.82, 2.24) is 5.32 Å². The number of hydrogen-bond acceptors (Lipinski definition) is 1. The third-order valence-corrected chi connectivity index (χ3v) is 4.82. The van der Waals surface area contributed by atoms with Crippen LogP contribution in [0.5, 0.6) is 0 Å². The van der Waals surface area contributed by atoms with Gasteiger partial charge in [-0.3, -0.25) is 0 Å². The van der Waals surface area contributed by atoms with Gasteiger partial charge in [0.05, 0.1) is 0 Å². The van der Waals surface area contributed by atoms with Crippen molar-refractivity contribution in [3.05, 3.63) is 35.1 Å². The van der Waals surface area contributed by atoms with Gasteiger partial charge in [-0.2, -0.15) is 0 Å². The number of fused-ring (bicyclic) bond motifs is 1. The predicted octanol–water partition coefficient (Wildman–Crippen LogP) is 4.37. The number of hydrogen-bond donors (Lipinski definition) is 1. The predicted molar refractivity (Wildman–Crippen MR) is 76.6 cm³/mol. The van der Waals surface area contributed by atoms with Crippen LogP contribution in [0, 0.1) is 11.2 Å². The van der Waals surface area contributed by atoms with Crippen LogP contribution < -0.4 is 5.32 Å². The molecule has 2 atom stereocenters. The summed E-state index contributed by atoms with van der Waals surface area (Å²) in [6.07, 6.45) is 7.36. The Morgan fingerprint density at radius 1 is 1.26 bits per heavy atom. The van der Waals surface area contributed by atoms with Crippen molar-refractivity contribution < 1.29 is 4.39 Å². The molecular weight excluding hydrogens is 237 g/mol. The SMILES string of the molecule is CC1(C)CCCC(NC2CCc3cc(F)ccc32)C1. The first-order chi connectivity index (χ1) is 9.03. The summed E-state index contributed by atoms with van der Waals surface area (Å²) in [6, 6.07) is 6.36. The van der Waals surface area contributed by atoms with Crippen molar-refractivity contribution in [3.8, 4) is 0 Å². The molecular formula is C17H24FN. The average Bonchev–Trinajstić information content (AvgIpc) is 2.70. The van der Waals surface area contributed by atoms with E-state index in [0.29, 0.717) is 17.5 Å². The molecule has 1 saturated carbocycles. The summed E-state index contributed by atoms with van der Waals surface area (Å²) in [5.74, 6) is -0.0989. The number of nitrogens with one attached hydrogen (secondary N) is 1. The van der Waals surface area contributed by atoms with Gasteiger partial charge in [0.15, 0.2) is 0 Å². The summed E-state index contributed by atoms with van der Waals surface area (Å²) in [4.78, 5) is 0. The summed E-state index contributed by atoms with van der Waals surface area (Å²) in [7, 11) is 0. The minimum Gasteiger partial charge on any atom is -0.307 e. The summed E-state index contributed by atoms with van der Waals surface area (Å²) < 4.78 is 13.2. The lowest BCUT2D eigenvalue weighted by molar-refractivity contribution is 0.189. The van der Waals surface area contributed by atoms with Crippen LogP contribution in [0.4, 0.5) is 4.39 Å². The molecule has 0 aromatic heterocycles. The summed E-state index contributed by atoms with van der Waals surface area (Å²) >= 11 is 0. The molecule has 0 radical (unpaired) electrons. The third kappa shape index (κ3) is 2.84. The first-order valence-electron chi connectivity index (χ1n) is 7.58. The van der Waals surface area contributed by atoms with Crippen LogP contribution >= 0.6 is 0 Å². The highest BCUT2D eigenvalue weighted by molar-refractivity contribution is 5.35. The van der Waals surface area contributed by atoms with Crippen LogP contribution in [-0.2, 0) is 6.42 Å². The van der Waals surface area contributed by atoms with E-state index in [-0.39, 0.29) is 5.82 Å². The molecule has 3 rings (SSSR count). The zero-order valence-electron chi connectivity index (χ0n) is 12.0. The first-order valence-corrected chi connectivity index (χ1v) is 7.58. The number of aryl methyl sites for hydroxylation is 1. The Balaban J connectivity index is 1.69. The van der Waals surface area contributed by atoms with Crippen molar-refractivity contribution in [2.24, 2.45) is 5.41 Å². The standard InChI is InChI=1S/C17H24FN/c1-17(2)9-3-4-14(11-17)19-16-8-5-12-10-13(18)6-7-15(12)16/h6-7,10,14,16,19H,3-5,8-9,11H2,1-2H3. The Morgan fingerprint density at radius 3 is 2.89 bits per heavy atom. The lowest BCUT2D eigenvalue weighted by atomic mass is 9.75. The second-order valence-corrected chi connectivity index (χ2v) is 7.06. The van der Waals surface area contributed by atoms with E-state index in [2.05, 4.69) is 19.2 Å². The lowest BCUT2D eigenvalue weighted by Gasteiger charge is -2.37. The van der Waals surface area contributed by atoms with Crippen molar-refractivity contribution in [3.63, 3.8) is 0 Å². The fourth-order valence-corrected chi connectivity index (χ4v) is 3.88. The minimum absolute atomic E-state index is 0.0989. The Kier molecular flexibility index (Phi) is 3.38. The molecule has 1 aromatic rings. The highest BCUT2D eigenvalue weighted by atomic mass is 19.1. The molecule has 1 N–H and O–H groups in total. The Bertz CT molecular complexity index is 466. The van der Waals surface area contributed by atoms with Crippen LogP contribution in [0.1, 0.15) is 63.1 Å². The molecule has 2 aliphatic carbocycles. The molecule has 1 nitrogen and oxygen atoms in total. The van der Waals surface area contributed by atoms with Crippen LogP contribution in [0.2, 0.25) is 0 Å². The van der Waals surface area contributed by atoms with E-state index in [1.165, 1.54) is 36.8 Å². The minimum atomic E-state index is -0.0989. The van der Waals surface area contributed by atoms with E-state index in [1.54, 1.807) is 12.1 Å². The van der Waals surface area contributed by atoms with Crippen molar-refractivity contribution in [2.45, 2.75) is 64.5 Å². The van der Waals surface area contributed by atoms with E-state index in [9.17, 15) is 4.39 Å². The largest absolute Gasteiger partial charge is 0.307 e. The van der Waals surface area contributed by atoms with Crippen molar-refractivity contribution >= 4 is 0 Å². The highest BCUT2D eigenvalue weighted by Crippen LogP contribution is 2.38. The monoisotopic (exact) mass is 261 g/mol. The van der Waals surface area contributed by atoms with Crippen LogP contribution in [0.3, 0.4) is 0 Å². The van der Waals surface area contributed by atoms with Gasteiger partial charge in [-0.1, -0.05) is 26.3 Å². The Hall–Kier alpha value is -0.890. The van der Waals surface area contributed by atoms with E-state index in [4.69, 9.17) is 0 Å². The molecule has 0 heterocycles. The van der Waals surface area contributed by atoms with Crippen molar-refractivity contribution in [2.75, 3.05) is 0 Å². The molecule has 0 bridgehead atoms. The molecule has 2 unspecified atom stereocenters. The number of rotatable bonds is 2. The fraction of sp³-hybridized carbons (Fsp3) is 0.647. The summed E-state index contributed by atoms with van der Waals surface area (Å²) in [5, 5.41) is 3.83. The zero-order valence-corrected chi connectivity index (χ0v) is 12.0. The molecule has 0 spiro atoms. The third-order valence-electron chi connectivity index (χ3n) is 4.82. The van der Waals surface area contributed by atoms with Crippen LogP contribution in [-0.4, -0.2) is 6.04 Å². The maximum atomic E-state index is 13.2. The molecule has 2 heteroatoms. The van der Waals surface area contributed by atoms with E-state index < -0.39 is 0 Å². The molecule has 19 heavy (non-hydrogen) atoms. The number of halogens is 1.